The van der Waals surface area contributed by atoms with Crippen LogP contribution in [0.4, 0.5) is 27.8 Å². The number of aliphatic hydroxyl groups excluding tert-OH is 1. The number of nitrogens with zero attached hydrogens (tertiary/aromatic N) is 4. The van der Waals surface area contributed by atoms with E-state index >= 15 is 0 Å². The molecule has 0 aliphatic heterocycles. The fourth-order valence-electron chi connectivity index (χ4n) is 2.32. The predicted octanol–water partition coefficient (Wildman–Crippen LogP) is 2.73. The number of hydrogen-bond donors (Lipinski definition) is 2. The highest BCUT2D eigenvalue weighted by atomic mass is 19.4. The van der Waals surface area contributed by atoms with Crippen molar-refractivity contribution in [2.75, 3.05) is 18.5 Å². The molecule has 2 N–H and O–H groups in total. The zero-order valence-electron chi connectivity index (χ0n) is 12.6. The van der Waals surface area contributed by atoms with Gasteiger partial charge in [0.05, 0.1) is 0 Å². The van der Waals surface area contributed by atoms with Gasteiger partial charge in [-0.15, -0.1) is 15.3 Å². The lowest BCUT2D eigenvalue weighted by molar-refractivity contribution is -0.293. The molecule has 0 aliphatic rings. The maximum Gasteiger partial charge on any atom is 0.461 e. The highest BCUT2D eigenvalue weighted by Gasteiger charge is 2.62. The molecule has 0 aliphatic carbocycles. The molecule has 3 aromatic rings. The van der Waals surface area contributed by atoms with Crippen LogP contribution in [-0.2, 0) is 5.92 Å². The second-order valence-electron chi connectivity index (χ2n) is 5.23. The van der Waals surface area contributed by atoms with Crippen LogP contribution in [0.3, 0.4) is 0 Å². The van der Waals surface area contributed by atoms with Gasteiger partial charge in [0.25, 0.3) is 0 Å². The van der Waals surface area contributed by atoms with Gasteiger partial charge >= 0.3 is 12.1 Å². The number of nitrogens with one attached hydrogen (secondary N) is 1. The standard InChI is InChI=1S/C14H12F5N5O/c15-13(16,14(17,18)19)12-22-21-11-9-5-2-1-4-8(9)10(23-24(11)12)20-6-3-7-25/h1-2,4-5,25H,3,6-7H2,(H,20,23). The van der Waals surface area contributed by atoms with E-state index < -0.39 is 17.9 Å². The fraction of sp³-hybridized carbons (Fsp3) is 0.357. The van der Waals surface area contributed by atoms with Gasteiger partial charge < -0.3 is 10.4 Å². The van der Waals surface area contributed by atoms with Gasteiger partial charge in [0.1, 0.15) is 0 Å². The molecule has 0 saturated carbocycles. The summed E-state index contributed by atoms with van der Waals surface area (Å²) >= 11 is 0. The predicted molar refractivity (Wildman–Crippen MR) is 78.4 cm³/mol. The Hall–Kier alpha value is -2.56. The molecule has 0 spiro atoms. The van der Waals surface area contributed by atoms with E-state index in [0.29, 0.717) is 21.7 Å². The summed E-state index contributed by atoms with van der Waals surface area (Å²) in [6, 6.07) is 6.41. The number of halogens is 5. The number of fused-ring (bicyclic) bond motifs is 3. The zero-order valence-corrected chi connectivity index (χ0v) is 12.6. The first-order chi connectivity index (χ1) is 11.8. The van der Waals surface area contributed by atoms with Crippen LogP contribution in [0.15, 0.2) is 24.3 Å². The lowest BCUT2D eigenvalue weighted by atomic mass is 10.2. The summed E-state index contributed by atoms with van der Waals surface area (Å²) in [5, 5.41) is 22.8. The maximum absolute atomic E-state index is 13.7. The third-order valence-electron chi connectivity index (χ3n) is 3.53. The highest BCUT2D eigenvalue weighted by Crippen LogP contribution is 2.43. The van der Waals surface area contributed by atoms with Crippen molar-refractivity contribution in [2.24, 2.45) is 0 Å². The maximum atomic E-state index is 13.7. The monoisotopic (exact) mass is 361 g/mol. The van der Waals surface area contributed by atoms with E-state index in [1.807, 2.05) is 0 Å². The molecule has 2 heterocycles. The van der Waals surface area contributed by atoms with Crippen LogP contribution in [0, 0.1) is 0 Å². The molecule has 134 valence electrons. The zero-order chi connectivity index (χ0) is 18.2. The van der Waals surface area contributed by atoms with Gasteiger partial charge in [-0.1, -0.05) is 24.3 Å². The van der Waals surface area contributed by atoms with Crippen molar-refractivity contribution >= 4 is 22.2 Å². The third kappa shape index (κ3) is 2.84. The molecule has 0 fully saturated rings. The van der Waals surface area contributed by atoms with Crippen molar-refractivity contribution in [1.82, 2.24) is 19.8 Å². The number of aromatic nitrogens is 4. The van der Waals surface area contributed by atoms with Crippen molar-refractivity contribution in [3.63, 3.8) is 0 Å². The average molecular weight is 361 g/mol. The normalized spacial score (nSPS) is 12.9. The Balaban J connectivity index is 2.24. The summed E-state index contributed by atoms with van der Waals surface area (Å²) < 4.78 is 65.9. The van der Waals surface area contributed by atoms with E-state index in [1.165, 1.54) is 6.07 Å². The topological polar surface area (TPSA) is 75.3 Å². The van der Waals surface area contributed by atoms with E-state index in [1.54, 1.807) is 18.2 Å². The van der Waals surface area contributed by atoms with Gasteiger partial charge in [-0.3, -0.25) is 0 Å². The molecule has 0 unspecified atom stereocenters. The molecule has 11 heteroatoms. The molecule has 6 nitrogen and oxygen atoms in total. The van der Waals surface area contributed by atoms with Gasteiger partial charge in [0.2, 0.25) is 5.82 Å². The fourth-order valence-corrected chi connectivity index (χ4v) is 2.32. The molecule has 3 rings (SSSR count). The van der Waals surface area contributed by atoms with Crippen LogP contribution in [0.25, 0.3) is 16.4 Å². The van der Waals surface area contributed by atoms with Crippen LogP contribution in [0.1, 0.15) is 12.2 Å². The van der Waals surface area contributed by atoms with Gasteiger partial charge in [-0.05, 0) is 6.42 Å². The SMILES string of the molecule is OCCCNc1nn2c(C(F)(F)C(F)(F)F)nnc2c2ccccc12. The minimum atomic E-state index is -5.83. The van der Waals surface area contributed by atoms with Gasteiger partial charge in [-0.25, -0.2) is 0 Å². The molecular weight excluding hydrogens is 349 g/mol. The minimum absolute atomic E-state index is 0.0931. The Morgan fingerprint density at radius 2 is 1.72 bits per heavy atom. The Labute approximate surface area is 137 Å². The van der Waals surface area contributed by atoms with Crippen molar-refractivity contribution in [3.8, 4) is 0 Å². The van der Waals surface area contributed by atoms with Crippen molar-refractivity contribution < 1.29 is 27.1 Å². The summed E-state index contributed by atoms with van der Waals surface area (Å²) in [7, 11) is 0. The van der Waals surface area contributed by atoms with Gasteiger partial charge in [-0.2, -0.15) is 26.5 Å². The number of anilines is 1. The van der Waals surface area contributed by atoms with E-state index in [0.717, 1.165) is 0 Å². The molecule has 25 heavy (non-hydrogen) atoms. The summed E-state index contributed by atoms with van der Waals surface area (Å²) in [4.78, 5) is 0. The number of rotatable bonds is 5. The quantitative estimate of drug-likeness (QED) is 0.540. The Morgan fingerprint density at radius 3 is 2.36 bits per heavy atom. The molecule has 2 aromatic heterocycles. The van der Waals surface area contributed by atoms with Crippen LogP contribution < -0.4 is 5.32 Å². The Bertz CT molecular complexity index is 908. The number of benzene rings is 1. The molecule has 0 radical (unpaired) electrons. The minimum Gasteiger partial charge on any atom is -0.396 e. The lowest BCUT2D eigenvalue weighted by Crippen LogP contribution is -2.36. The van der Waals surface area contributed by atoms with Crippen molar-refractivity contribution in [3.05, 3.63) is 30.1 Å². The van der Waals surface area contributed by atoms with E-state index in [4.69, 9.17) is 5.11 Å². The summed E-state index contributed by atoms with van der Waals surface area (Å²) in [5.74, 6) is -6.72. The molecular formula is C14H12F5N5O. The first-order valence-corrected chi connectivity index (χ1v) is 7.21. The first kappa shape index (κ1) is 17.3. The van der Waals surface area contributed by atoms with Crippen molar-refractivity contribution in [1.29, 1.82) is 0 Å². The Morgan fingerprint density at radius 1 is 1.04 bits per heavy atom. The van der Waals surface area contributed by atoms with Gasteiger partial charge in [0.15, 0.2) is 11.5 Å². The summed E-state index contributed by atoms with van der Waals surface area (Å²) in [6.45, 7) is 0.142. The van der Waals surface area contributed by atoms with E-state index in [-0.39, 0.29) is 24.6 Å². The van der Waals surface area contributed by atoms with E-state index in [2.05, 4.69) is 20.6 Å². The Kier molecular flexibility index (Phi) is 4.19. The third-order valence-corrected chi connectivity index (χ3v) is 3.53. The molecule has 0 saturated heterocycles. The molecule has 0 amide bonds. The van der Waals surface area contributed by atoms with Crippen molar-refractivity contribution in [2.45, 2.75) is 18.5 Å². The van der Waals surface area contributed by atoms with Crippen LogP contribution in [0.2, 0.25) is 0 Å². The van der Waals surface area contributed by atoms with Gasteiger partial charge in [0, 0.05) is 23.9 Å². The summed E-state index contributed by atoms with van der Waals surface area (Å²) in [5.41, 5.74) is -0.206. The average Bonchev–Trinajstić information content (AvgIpc) is 2.98. The van der Waals surface area contributed by atoms with E-state index in [9.17, 15) is 22.0 Å². The second-order valence-corrected chi connectivity index (χ2v) is 5.23. The molecule has 1 aromatic carbocycles. The number of hydrogen-bond acceptors (Lipinski definition) is 5. The van der Waals surface area contributed by atoms with Crippen LogP contribution >= 0.6 is 0 Å². The summed E-state index contributed by atoms with van der Waals surface area (Å²) in [6.07, 6.45) is -5.48. The second kappa shape index (κ2) is 6.06. The molecule has 0 atom stereocenters. The lowest BCUT2D eigenvalue weighted by Gasteiger charge is -2.17. The van der Waals surface area contributed by atoms with Crippen LogP contribution in [0.5, 0.6) is 0 Å². The largest absolute Gasteiger partial charge is 0.461 e. The van der Waals surface area contributed by atoms with Crippen LogP contribution in [-0.4, -0.2) is 44.2 Å². The highest BCUT2D eigenvalue weighted by molar-refractivity contribution is 5.99. The first-order valence-electron chi connectivity index (χ1n) is 7.21. The number of alkyl halides is 5. The smallest absolute Gasteiger partial charge is 0.396 e. The molecule has 0 bridgehead atoms. The number of aliphatic hydroxyl groups is 1.